The molecule has 9 heteroatoms. The number of aromatic nitrogens is 6. The van der Waals surface area contributed by atoms with Gasteiger partial charge in [0.15, 0.2) is 10.9 Å². The van der Waals surface area contributed by atoms with Gasteiger partial charge in [-0.3, -0.25) is 4.79 Å². The zero-order valence-corrected chi connectivity index (χ0v) is 18.3. The summed E-state index contributed by atoms with van der Waals surface area (Å²) in [5, 5.41) is 8.34. The molecule has 0 fully saturated rings. The van der Waals surface area contributed by atoms with Gasteiger partial charge < -0.3 is 4.74 Å². The second-order valence-corrected chi connectivity index (χ2v) is 9.44. The molecule has 0 amide bonds. The molecule has 3 aliphatic heterocycles. The molecule has 10 rings (SSSR count). The summed E-state index contributed by atoms with van der Waals surface area (Å²) in [7, 11) is 0. The Kier molecular flexibility index (Phi) is 2.30. The number of hydrogen-bond acceptors (Lipinski definition) is 4. The minimum atomic E-state index is 0.0170. The number of hydrogen-bond donors (Lipinski definition) is 0. The van der Waals surface area contributed by atoms with E-state index in [0.29, 0.717) is 22.4 Å². The van der Waals surface area contributed by atoms with Gasteiger partial charge in [-0.15, -0.1) is 10.1 Å². The first-order chi connectivity index (χ1) is 17.2. The van der Waals surface area contributed by atoms with Gasteiger partial charge in [-0.1, -0.05) is 12.1 Å². The number of pyridine rings is 2. The van der Waals surface area contributed by atoms with Crippen molar-refractivity contribution in [2.45, 2.75) is 6.92 Å². The predicted molar refractivity (Wildman–Crippen MR) is 126 cm³/mol. The highest BCUT2D eigenvalue weighted by Crippen LogP contribution is 2.50. The molecular weight excluding hydrogens is 442 g/mol. The summed E-state index contributed by atoms with van der Waals surface area (Å²) in [5.41, 5.74) is 6.41. The molecule has 0 radical (unpaired) electrons. The molecular formula is C26H14N7O2+3. The average Bonchev–Trinajstić information content (AvgIpc) is 3.51. The van der Waals surface area contributed by atoms with Gasteiger partial charge in [0.1, 0.15) is 11.7 Å². The number of benzene rings is 2. The number of ether oxygens (including phenoxy) is 1. The topological polar surface area (TPSA) is 69.2 Å². The van der Waals surface area contributed by atoms with Crippen molar-refractivity contribution in [3.8, 4) is 23.0 Å². The van der Waals surface area contributed by atoms with Gasteiger partial charge in [-0.25, -0.2) is 4.40 Å². The van der Waals surface area contributed by atoms with Gasteiger partial charge in [0.2, 0.25) is 16.3 Å². The molecule has 0 bridgehead atoms. The molecule has 0 aliphatic carbocycles. The van der Waals surface area contributed by atoms with Crippen LogP contribution in [0.25, 0.3) is 49.6 Å². The molecule has 0 saturated carbocycles. The lowest BCUT2D eigenvalue weighted by Gasteiger charge is -2.29. The van der Waals surface area contributed by atoms with Crippen molar-refractivity contribution in [3.63, 3.8) is 0 Å². The molecule has 1 spiro atoms. The van der Waals surface area contributed by atoms with Crippen molar-refractivity contribution >= 4 is 43.9 Å². The van der Waals surface area contributed by atoms with E-state index in [0.717, 1.165) is 50.2 Å². The predicted octanol–water partition coefficient (Wildman–Crippen LogP) is 2.77. The first-order valence-electron chi connectivity index (χ1n) is 11.5. The van der Waals surface area contributed by atoms with E-state index in [1.165, 1.54) is 0 Å². The largest absolute Gasteiger partial charge is 0.437 e. The van der Waals surface area contributed by atoms with E-state index in [4.69, 9.17) is 14.8 Å². The van der Waals surface area contributed by atoms with Crippen LogP contribution in [0.1, 0.15) is 5.69 Å². The van der Waals surface area contributed by atoms with E-state index in [9.17, 15) is 4.79 Å². The van der Waals surface area contributed by atoms with Crippen LogP contribution < -0.4 is 24.3 Å². The van der Waals surface area contributed by atoms with Gasteiger partial charge in [0, 0.05) is 20.9 Å². The molecule has 0 N–H and O–H groups in total. The van der Waals surface area contributed by atoms with E-state index >= 15 is 0 Å². The Bertz CT molecular complexity index is 2250. The van der Waals surface area contributed by atoms with Gasteiger partial charge in [0.25, 0.3) is 6.33 Å². The van der Waals surface area contributed by atoms with Crippen LogP contribution in [-0.2, 0) is 0 Å². The summed E-state index contributed by atoms with van der Waals surface area (Å²) in [6, 6.07) is 17.9. The number of fused-ring (bicyclic) bond motifs is 3. The fraction of sp³-hybridized carbons (Fsp3) is 0.0385. The van der Waals surface area contributed by atoms with Crippen molar-refractivity contribution in [1.82, 2.24) is 24.1 Å². The van der Waals surface area contributed by atoms with E-state index in [1.807, 2.05) is 60.6 Å². The van der Waals surface area contributed by atoms with Crippen LogP contribution in [0.15, 0.2) is 71.9 Å². The summed E-state index contributed by atoms with van der Waals surface area (Å²) in [4.78, 5) is 20.6. The van der Waals surface area contributed by atoms with Crippen LogP contribution in [0, 0.1) is 6.92 Å². The summed E-state index contributed by atoms with van der Waals surface area (Å²) < 4.78 is 13.0. The highest BCUT2D eigenvalue weighted by Gasteiger charge is 2.69. The Morgan fingerprint density at radius 3 is 2.77 bits per heavy atom. The molecule has 3 aliphatic rings. The van der Waals surface area contributed by atoms with E-state index in [1.54, 1.807) is 0 Å². The van der Waals surface area contributed by atoms with E-state index in [2.05, 4.69) is 32.0 Å². The van der Waals surface area contributed by atoms with Crippen LogP contribution in [-0.4, -0.2) is 19.3 Å². The van der Waals surface area contributed by atoms with Crippen LogP contribution >= 0.6 is 0 Å². The third-order valence-corrected chi connectivity index (χ3v) is 7.79. The molecule has 7 aromatic rings. The van der Waals surface area contributed by atoms with Gasteiger partial charge in [-0.05, 0) is 37.3 Å². The second kappa shape index (κ2) is 4.82. The van der Waals surface area contributed by atoms with Crippen LogP contribution in [0.5, 0.6) is 11.6 Å². The number of aryl methyl sites for hydroxylation is 1. The summed E-state index contributed by atoms with van der Waals surface area (Å²) in [5.74, 6) is 1.38. The Morgan fingerprint density at radius 1 is 0.971 bits per heavy atom. The molecule has 8 heterocycles. The first kappa shape index (κ1) is 16.7. The van der Waals surface area contributed by atoms with Gasteiger partial charge in [-0.2, -0.15) is 0 Å². The molecule has 1 unspecified atom stereocenters. The molecule has 0 saturated heterocycles. The third-order valence-electron chi connectivity index (χ3n) is 7.79. The van der Waals surface area contributed by atoms with Crippen molar-refractivity contribution < 1.29 is 14.1 Å². The first-order valence-corrected chi connectivity index (χ1v) is 11.5. The SMILES string of the molecule is Cc1cc2n(n1)[N+]13c4c(ccc5c(=O)c6cccc7c8cnc[n+]1c8n(c45)c67)Oc1cccc-2[n+]13. The standard InChI is InChI=1S/C26H14N7O2/c1-13-10-19-18-6-3-7-21-31(18)33(32(19)28-13)24-20(35-21)9-8-16-23(24)30-22-14(4-2-5-15(22)25(16)34)17-11-27-12-29(33)26(17)30/h2-12H,1H3/q+3. The fourth-order valence-corrected chi connectivity index (χ4v) is 6.63. The van der Waals surface area contributed by atoms with Crippen LogP contribution in [0.4, 0.5) is 5.69 Å². The maximum absolute atomic E-state index is 13.9. The Morgan fingerprint density at radius 2 is 1.83 bits per heavy atom. The Balaban J connectivity index is 1.64. The number of para-hydroxylation sites is 1. The lowest BCUT2D eigenvalue weighted by Crippen LogP contribution is -2.88. The molecule has 9 nitrogen and oxygen atoms in total. The van der Waals surface area contributed by atoms with Gasteiger partial charge in [0.05, 0.1) is 32.6 Å². The third kappa shape index (κ3) is 1.43. The average molecular weight is 456 g/mol. The zero-order chi connectivity index (χ0) is 22.8. The highest BCUT2D eigenvalue weighted by atomic mass is 16.5. The van der Waals surface area contributed by atoms with E-state index in [-0.39, 0.29) is 10.2 Å². The lowest BCUT2D eigenvalue weighted by molar-refractivity contribution is -1.05. The fourth-order valence-electron chi connectivity index (χ4n) is 6.63. The smallest absolute Gasteiger partial charge is 0.394 e. The number of rotatable bonds is 0. The van der Waals surface area contributed by atoms with Crippen LogP contribution in [0.2, 0.25) is 0 Å². The lowest BCUT2D eigenvalue weighted by atomic mass is 10.1. The maximum atomic E-state index is 13.9. The maximum Gasteiger partial charge on any atom is 0.437 e. The van der Waals surface area contributed by atoms with Crippen molar-refractivity contribution in [2.24, 2.45) is 0 Å². The minimum Gasteiger partial charge on any atom is -0.394 e. The summed E-state index contributed by atoms with van der Waals surface area (Å²) in [6.45, 7) is 2.00. The Hall–Kier alpha value is -4.89. The van der Waals surface area contributed by atoms with Crippen LogP contribution in [0.3, 0.4) is 0 Å². The normalized spacial score (nSPS) is 18.3. The second-order valence-electron chi connectivity index (χ2n) is 9.44. The monoisotopic (exact) mass is 456 g/mol. The summed E-state index contributed by atoms with van der Waals surface area (Å²) >= 11 is 0. The van der Waals surface area contributed by atoms with Crippen molar-refractivity contribution in [3.05, 3.63) is 83.0 Å². The molecule has 5 aromatic heterocycles. The minimum absolute atomic E-state index is 0.0170. The Labute approximate surface area is 195 Å². The van der Waals surface area contributed by atoms with Crippen molar-refractivity contribution in [1.29, 1.82) is 0 Å². The molecule has 1 atom stereocenters. The number of quaternary nitrogens is 1. The zero-order valence-electron chi connectivity index (χ0n) is 18.3. The molecule has 35 heavy (non-hydrogen) atoms. The highest BCUT2D eigenvalue weighted by molar-refractivity contribution is 6.17. The molecule has 162 valence electrons. The molecule has 2 aromatic carbocycles. The quantitative estimate of drug-likeness (QED) is 0.200. The van der Waals surface area contributed by atoms with E-state index < -0.39 is 0 Å². The van der Waals surface area contributed by atoms with Gasteiger partial charge >= 0.3 is 22.9 Å². The number of nitrogens with zero attached hydrogens (tertiary/aromatic N) is 7. The summed E-state index contributed by atoms with van der Waals surface area (Å²) in [6.07, 6.45) is 3.74. The van der Waals surface area contributed by atoms with Crippen molar-refractivity contribution in [2.75, 3.05) is 0 Å².